The first-order chi connectivity index (χ1) is 26.2. The topological polar surface area (TPSA) is 49.9 Å². The second-order valence-electron chi connectivity index (χ2n) is 13.8. The average Bonchev–Trinajstić information content (AvgIpc) is 3.62. The summed E-state index contributed by atoms with van der Waals surface area (Å²) in [5, 5.41) is 15.7. The fraction of sp³-hybridized carbons (Fsp3) is 0.0204. The van der Waals surface area contributed by atoms with E-state index in [1.807, 2.05) is 18.2 Å². The van der Waals surface area contributed by atoms with Gasteiger partial charge in [0.15, 0.2) is 5.84 Å². The van der Waals surface area contributed by atoms with Crippen LogP contribution in [-0.2, 0) is 0 Å². The standard InChI is InChI=1S/C49H31N3O/c1-2-12-31(13-3-1)47-50-48(35-22-21-30-11-4-5-14-32(30)27-35)52-49(51-47)42-19-10-20-44-46(42)41-26-24-34(29-45(41)53-44)33-23-25-40-38-17-7-6-15-36(38)37-16-8-9-18-39(37)43(40)28-33/h1-29,47H,(H,50,51,52). The molecule has 1 aromatic heterocycles. The molecule has 2 heterocycles. The molecule has 0 radical (unpaired) electrons. The van der Waals surface area contributed by atoms with Gasteiger partial charge in [-0.05, 0) is 90.1 Å². The van der Waals surface area contributed by atoms with Gasteiger partial charge >= 0.3 is 0 Å². The molecule has 10 aromatic rings. The molecule has 1 unspecified atom stereocenters. The van der Waals surface area contributed by atoms with Crippen LogP contribution in [0.5, 0.6) is 0 Å². The van der Waals surface area contributed by atoms with Gasteiger partial charge in [0.1, 0.15) is 23.2 Å². The van der Waals surface area contributed by atoms with Gasteiger partial charge in [0.05, 0.1) is 0 Å². The largest absolute Gasteiger partial charge is 0.456 e. The Morgan fingerprint density at radius 2 is 1.06 bits per heavy atom. The van der Waals surface area contributed by atoms with Crippen molar-refractivity contribution in [3.8, 4) is 11.1 Å². The van der Waals surface area contributed by atoms with Crippen LogP contribution < -0.4 is 5.32 Å². The number of aliphatic imine (C=N–C) groups is 2. The Hall–Kier alpha value is -7.04. The molecule has 9 aromatic carbocycles. The number of fused-ring (bicyclic) bond motifs is 10. The lowest BCUT2D eigenvalue weighted by atomic mass is 9.92. The lowest BCUT2D eigenvalue weighted by Gasteiger charge is -2.24. The smallest absolute Gasteiger partial charge is 0.159 e. The van der Waals surface area contributed by atoms with Gasteiger partial charge in [0, 0.05) is 21.9 Å². The summed E-state index contributed by atoms with van der Waals surface area (Å²) < 4.78 is 6.62. The first-order valence-electron chi connectivity index (χ1n) is 18.0. The van der Waals surface area contributed by atoms with Gasteiger partial charge in [-0.1, -0.05) is 146 Å². The number of benzene rings is 9. The van der Waals surface area contributed by atoms with Gasteiger partial charge in [0.25, 0.3) is 0 Å². The minimum Gasteiger partial charge on any atom is -0.456 e. The van der Waals surface area contributed by atoms with E-state index in [4.69, 9.17) is 14.4 Å². The normalized spacial score (nSPS) is 14.6. The predicted molar refractivity (Wildman–Crippen MR) is 221 cm³/mol. The molecule has 0 saturated carbocycles. The van der Waals surface area contributed by atoms with Gasteiger partial charge in [-0.2, -0.15) is 0 Å². The Bertz CT molecular complexity index is 3120. The molecule has 11 rings (SSSR count). The van der Waals surface area contributed by atoms with E-state index in [0.717, 1.165) is 61.0 Å². The molecule has 0 bridgehead atoms. The van der Waals surface area contributed by atoms with Crippen molar-refractivity contribution >= 4 is 76.7 Å². The van der Waals surface area contributed by atoms with Crippen LogP contribution in [0.15, 0.2) is 190 Å². The van der Waals surface area contributed by atoms with Gasteiger partial charge in [-0.15, -0.1) is 0 Å². The Kier molecular flexibility index (Phi) is 6.58. The molecule has 4 nitrogen and oxygen atoms in total. The van der Waals surface area contributed by atoms with Crippen LogP contribution in [0.1, 0.15) is 22.9 Å². The number of hydrogen-bond donors (Lipinski definition) is 1. The van der Waals surface area contributed by atoms with Crippen LogP contribution in [0, 0.1) is 0 Å². The summed E-state index contributed by atoms with van der Waals surface area (Å²) in [6, 6.07) is 62.2. The molecule has 1 aliphatic rings. The van der Waals surface area contributed by atoms with Crippen molar-refractivity contribution in [2.45, 2.75) is 6.17 Å². The van der Waals surface area contributed by atoms with Crippen LogP contribution in [0.2, 0.25) is 0 Å². The second-order valence-corrected chi connectivity index (χ2v) is 13.8. The Morgan fingerprint density at radius 3 is 1.83 bits per heavy atom. The van der Waals surface area contributed by atoms with Crippen LogP contribution in [0.25, 0.3) is 76.2 Å². The van der Waals surface area contributed by atoms with E-state index in [1.54, 1.807) is 0 Å². The zero-order chi connectivity index (χ0) is 34.9. The van der Waals surface area contributed by atoms with Crippen LogP contribution >= 0.6 is 0 Å². The number of rotatable bonds is 4. The zero-order valence-corrected chi connectivity index (χ0v) is 28.6. The van der Waals surface area contributed by atoms with E-state index in [0.29, 0.717) is 5.84 Å². The minimum absolute atomic E-state index is 0.300. The van der Waals surface area contributed by atoms with Crippen molar-refractivity contribution in [2.75, 3.05) is 0 Å². The van der Waals surface area contributed by atoms with Crippen molar-refractivity contribution in [1.82, 2.24) is 5.32 Å². The van der Waals surface area contributed by atoms with Crippen LogP contribution in [0.4, 0.5) is 0 Å². The summed E-state index contributed by atoms with van der Waals surface area (Å²) in [6.07, 6.45) is -0.300. The van der Waals surface area contributed by atoms with E-state index < -0.39 is 0 Å². The number of amidine groups is 2. The Labute approximate surface area is 305 Å². The molecular formula is C49H31N3O. The fourth-order valence-corrected chi connectivity index (χ4v) is 8.14. The van der Waals surface area contributed by atoms with Crippen LogP contribution in [0.3, 0.4) is 0 Å². The maximum Gasteiger partial charge on any atom is 0.159 e. The van der Waals surface area contributed by atoms with Crippen molar-refractivity contribution < 1.29 is 4.42 Å². The monoisotopic (exact) mass is 677 g/mol. The number of nitrogens with zero attached hydrogens (tertiary/aromatic N) is 2. The average molecular weight is 678 g/mol. The van der Waals surface area contributed by atoms with Crippen molar-refractivity contribution in [3.63, 3.8) is 0 Å². The second kappa shape index (κ2) is 11.8. The molecular weight excluding hydrogens is 647 g/mol. The third kappa shape index (κ3) is 4.84. The molecule has 1 N–H and O–H groups in total. The highest BCUT2D eigenvalue weighted by atomic mass is 16.3. The van der Waals surface area contributed by atoms with Gasteiger partial charge < -0.3 is 9.73 Å². The highest BCUT2D eigenvalue weighted by molar-refractivity contribution is 6.26. The van der Waals surface area contributed by atoms with Crippen molar-refractivity contribution in [3.05, 3.63) is 193 Å². The summed E-state index contributed by atoms with van der Waals surface area (Å²) in [5.74, 6) is 1.46. The molecule has 0 fully saturated rings. The molecule has 0 saturated heterocycles. The molecule has 0 amide bonds. The van der Waals surface area contributed by atoms with Gasteiger partial charge in [0.2, 0.25) is 0 Å². The van der Waals surface area contributed by atoms with Gasteiger partial charge in [-0.25, -0.2) is 9.98 Å². The molecule has 53 heavy (non-hydrogen) atoms. The number of hydrogen-bond acceptors (Lipinski definition) is 4. The summed E-state index contributed by atoms with van der Waals surface area (Å²) in [4.78, 5) is 10.3. The molecule has 0 spiro atoms. The first kappa shape index (κ1) is 29.7. The summed E-state index contributed by atoms with van der Waals surface area (Å²) in [6.45, 7) is 0. The summed E-state index contributed by atoms with van der Waals surface area (Å²) >= 11 is 0. The van der Waals surface area contributed by atoms with E-state index in [1.165, 1.54) is 37.7 Å². The number of nitrogens with one attached hydrogen (secondary N) is 1. The molecule has 0 aliphatic carbocycles. The van der Waals surface area contributed by atoms with Crippen LogP contribution in [-0.4, -0.2) is 11.7 Å². The molecule has 248 valence electrons. The highest BCUT2D eigenvalue weighted by Crippen LogP contribution is 2.39. The first-order valence-corrected chi connectivity index (χ1v) is 18.0. The molecule has 1 atom stereocenters. The lowest BCUT2D eigenvalue weighted by Crippen LogP contribution is -2.33. The van der Waals surface area contributed by atoms with E-state index in [2.05, 4.69) is 163 Å². The summed E-state index contributed by atoms with van der Waals surface area (Å²) in [5.41, 5.74) is 6.96. The van der Waals surface area contributed by atoms with Gasteiger partial charge in [-0.3, -0.25) is 0 Å². The number of furan rings is 1. The van der Waals surface area contributed by atoms with E-state index in [9.17, 15) is 0 Å². The summed E-state index contributed by atoms with van der Waals surface area (Å²) in [7, 11) is 0. The third-order valence-electron chi connectivity index (χ3n) is 10.7. The van der Waals surface area contributed by atoms with Crippen molar-refractivity contribution in [2.24, 2.45) is 9.98 Å². The zero-order valence-electron chi connectivity index (χ0n) is 28.6. The molecule has 1 aliphatic heterocycles. The van der Waals surface area contributed by atoms with E-state index in [-0.39, 0.29) is 6.17 Å². The SMILES string of the molecule is c1ccc(C2N=C(c3ccc4ccccc4c3)N=C(c3cccc4oc5cc(-c6ccc7c8ccccc8c8ccccc8c7c6)ccc5c34)N2)cc1. The Morgan fingerprint density at radius 1 is 0.434 bits per heavy atom. The Balaban J connectivity index is 1.05. The third-order valence-corrected chi connectivity index (χ3v) is 10.7. The quantitative estimate of drug-likeness (QED) is 0.189. The predicted octanol–water partition coefficient (Wildman–Crippen LogP) is 12.4. The van der Waals surface area contributed by atoms with Crippen molar-refractivity contribution in [1.29, 1.82) is 0 Å². The van der Waals surface area contributed by atoms with E-state index >= 15 is 0 Å². The molecule has 4 heteroatoms. The maximum atomic E-state index is 6.62. The maximum absolute atomic E-state index is 6.62. The highest BCUT2D eigenvalue weighted by Gasteiger charge is 2.24. The minimum atomic E-state index is -0.300. The lowest BCUT2D eigenvalue weighted by molar-refractivity contribution is 0.668. The fourth-order valence-electron chi connectivity index (χ4n) is 8.14.